The second kappa shape index (κ2) is 9.11. The fourth-order valence-corrected chi connectivity index (χ4v) is 3.40. The standard InChI is InChI=1S/C21H24FN3O4/c1-14-12-24(6-7-29-14)13-17-5-3-4-16(8-17)11-23-21(26)18-9-19(22)15(2)20(10-18)25(27)28/h3-5,8-10,14H,6-7,11-13H2,1-2H3,(H,23,26). The van der Waals surface area contributed by atoms with Crippen LogP contribution >= 0.6 is 0 Å². The topological polar surface area (TPSA) is 84.7 Å². The molecule has 7 nitrogen and oxygen atoms in total. The minimum Gasteiger partial charge on any atom is -0.376 e. The van der Waals surface area contributed by atoms with Crippen LogP contribution in [0.15, 0.2) is 36.4 Å². The molecule has 0 aromatic heterocycles. The van der Waals surface area contributed by atoms with Crippen molar-refractivity contribution in [2.45, 2.75) is 33.0 Å². The summed E-state index contributed by atoms with van der Waals surface area (Å²) in [7, 11) is 0. The van der Waals surface area contributed by atoms with Gasteiger partial charge in [-0.15, -0.1) is 0 Å². The molecule has 1 saturated heterocycles. The van der Waals surface area contributed by atoms with Crippen LogP contribution in [0.25, 0.3) is 0 Å². The van der Waals surface area contributed by atoms with Crippen LogP contribution in [0.1, 0.15) is 34.0 Å². The molecule has 1 heterocycles. The third kappa shape index (κ3) is 5.36. The van der Waals surface area contributed by atoms with E-state index in [1.54, 1.807) is 0 Å². The molecule has 0 spiro atoms. The zero-order valence-electron chi connectivity index (χ0n) is 16.5. The third-order valence-electron chi connectivity index (χ3n) is 4.95. The maximum Gasteiger partial charge on any atom is 0.276 e. The Balaban J connectivity index is 1.64. The number of carbonyl (C=O) groups is 1. The maximum absolute atomic E-state index is 13.9. The number of nitro benzene ring substituents is 1. The predicted molar refractivity (Wildman–Crippen MR) is 106 cm³/mol. The lowest BCUT2D eigenvalue weighted by atomic mass is 10.1. The SMILES string of the molecule is Cc1c(F)cc(C(=O)NCc2cccc(CN3CCOC(C)C3)c2)cc1[N+](=O)[O-]. The predicted octanol–water partition coefficient (Wildman–Crippen LogP) is 3.19. The van der Waals surface area contributed by atoms with Crippen molar-refractivity contribution >= 4 is 11.6 Å². The fourth-order valence-electron chi connectivity index (χ4n) is 3.40. The lowest BCUT2D eigenvalue weighted by molar-refractivity contribution is -0.385. The van der Waals surface area contributed by atoms with Crippen molar-refractivity contribution in [2.24, 2.45) is 0 Å². The van der Waals surface area contributed by atoms with Crippen LogP contribution in [-0.2, 0) is 17.8 Å². The summed E-state index contributed by atoms with van der Waals surface area (Å²) in [5, 5.41) is 13.7. The fraction of sp³-hybridized carbons (Fsp3) is 0.381. The first-order valence-electron chi connectivity index (χ1n) is 9.48. The van der Waals surface area contributed by atoms with Gasteiger partial charge in [-0.2, -0.15) is 0 Å². The van der Waals surface area contributed by atoms with Crippen LogP contribution in [0.4, 0.5) is 10.1 Å². The van der Waals surface area contributed by atoms with E-state index in [1.165, 1.54) is 6.92 Å². The molecule has 29 heavy (non-hydrogen) atoms. The largest absolute Gasteiger partial charge is 0.376 e. The van der Waals surface area contributed by atoms with Crippen molar-refractivity contribution in [1.82, 2.24) is 10.2 Å². The Morgan fingerprint density at radius 2 is 2.10 bits per heavy atom. The molecule has 1 unspecified atom stereocenters. The monoisotopic (exact) mass is 401 g/mol. The van der Waals surface area contributed by atoms with Gasteiger partial charge in [0.15, 0.2) is 0 Å². The molecule has 1 atom stereocenters. The summed E-state index contributed by atoms with van der Waals surface area (Å²) < 4.78 is 19.5. The summed E-state index contributed by atoms with van der Waals surface area (Å²) >= 11 is 0. The molecule has 0 aliphatic carbocycles. The van der Waals surface area contributed by atoms with Crippen LogP contribution in [0, 0.1) is 22.9 Å². The van der Waals surface area contributed by atoms with Gasteiger partial charge in [0.2, 0.25) is 0 Å². The second-order valence-electron chi connectivity index (χ2n) is 7.28. The molecular weight excluding hydrogens is 377 g/mol. The van der Waals surface area contributed by atoms with E-state index in [1.807, 2.05) is 24.3 Å². The molecule has 2 aromatic carbocycles. The smallest absolute Gasteiger partial charge is 0.276 e. The number of ether oxygens (including phenoxy) is 1. The second-order valence-corrected chi connectivity index (χ2v) is 7.28. The lowest BCUT2D eigenvalue weighted by Crippen LogP contribution is -2.40. The zero-order chi connectivity index (χ0) is 21.0. The van der Waals surface area contributed by atoms with E-state index in [-0.39, 0.29) is 23.8 Å². The number of carbonyl (C=O) groups excluding carboxylic acids is 1. The van der Waals surface area contributed by atoms with Crippen molar-refractivity contribution in [1.29, 1.82) is 0 Å². The molecule has 2 aromatic rings. The molecule has 1 N–H and O–H groups in total. The van der Waals surface area contributed by atoms with Gasteiger partial charge in [0.05, 0.1) is 23.2 Å². The minimum atomic E-state index is -0.772. The first kappa shape index (κ1) is 20.9. The molecule has 0 radical (unpaired) electrons. The Bertz CT molecular complexity index is 919. The van der Waals surface area contributed by atoms with Crippen molar-refractivity contribution in [3.05, 3.63) is 74.6 Å². The molecule has 1 fully saturated rings. The molecule has 3 rings (SSSR count). The molecule has 0 bridgehead atoms. The first-order valence-corrected chi connectivity index (χ1v) is 9.48. The highest BCUT2D eigenvalue weighted by molar-refractivity contribution is 5.95. The molecular formula is C21H24FN3O4. The van der Waals surface area contributed by atoms with Gasteiger partial charge < -0.3 is 10.1 Å². The highest BCUT2D eigenvalue weighted by atomic mass is 19.1. The summed E-state index contributed by atoms with van der Waals surface area (Å²) in [5.74, 6) is -1.33. The van der Waals surface area contributed by atoms with E-state index >= 15 is 0 Å². The average Bonchev–Trinajstić information content (AvgIpc) is 2.68. The molecule has 1 aliphatic heterocycles. The lowest BCUT2D eigenvalue weighted by Gasteiger charge is -2.31. The Morgan fingerprint density at radius 1 is 1.34 bits per heavy atom. The number of hydrogen-bond donors (Lipinski definition) is 1. The Morgan fingerprint density at radius 3 is 2.83 bits per heavy atom. The Kier molecular flexibility index (Phi) is 6.56. The molecule has 8 heteroatoms. The van der Waals surface area contributed by atoms with Gasteiger partial charge in [-0.25, -0.2) is 4.39 Å². The highest BCUT2D eigenvalue weighted by Gasteiger charge is 2.20. The van der Waals surface area contributed by atoms with Crippen molar-refractivity contribution in [3.8, 4) is 0 Å². The number of nitrogens with zero attached hydrogens (tertiary/aromatic N) is 2. The molecule has 0 saturated carbocycles. The van der Waals surface area contributed by atoms with E-state index < -0.39 is 22.3 Å². The van der Waals surface area contributed by atoms with E-state index in [4.69, 9.17) is 4.74 Å². The van der Waals surface area contributed by atoms with Crippen LogP contribution in [0.2, 0.25) is 0 Å². The maximum atomic E-state index is 13.9. The van der Waals surface area contributed by atoms with Crippen LogP contribution in [0.5, 0.6) is 0 Å². The summed E-state index contributed by atoms with van der Waals surface area (Å²) in [6, 6.07) is 9.99. The van der Waals surface area contributed by atoms with Gasteiger partial charge >= 0.3 is 0 Å². The third-order valence-corrected chi connectivity index (χ3v) is 4.95. The molecule has 1 aliphatic rings. The van der Waals surface area contributed by atoms with E-state index in [9.17, 15) is 19.3 Å². The number of nitro groups is 1. The quantitative estimate of drug-likeness (QED) is 0.594. The van der Waals surface area contributed by atoms with Gasteiger partial charge in [-0.05, 0) is 31.0 Å². The summed E-state index contributed by atoms with van der Waals surface area (Å²) in [6.45, 7) is 6.88. The van der Waals surface area contributed by atoms with Gasteiger partial charge in [0.1, 0.15) is 5.82 Å². The van der Waals surface area contributed by atoms with Gasteiger partial charge in [0, 0.05) is 37.8 Å². The van der Waals surface area contributed by atoms with E-state index in [2.05, 4.69) is 17.1 Å². The number of benzene rings is 2. The van der Waals surface area contributed by atoms with Gasteiger partial charge in [-0.1, -0.05) is 24.3 Å². The van der Waals surface area contributed by atoms with Crippen LogP contribution in [0.3, 0.4) is 0 Å². The summed E-state index contributed by atoms with van der Waals surface area (Å²) in [5.41, 5.74) is 1.47. The normalized spacial score (nSPS) is 17.1. The van der Waals surface area contributed by atoms with Crippen LogP contribution < -0.4 is 5.32 Å². The summed E-state index contributed by atoms with van der Waals surface area (Å²) in [4.78, 5) is 25.0. The first-order chi connectivity index (χ1) is 13.8. The number of amides is 1. The highest BCUT2D eigenvalue weighted by Crippen LogP contribution is 2.23. The summed E-state index contributed by atoms with van der Waals surface area (Å²) in [6.07, 6.45) is 0.213. The average molecular weight is 401 g/mol. The van der Waals surface area contributed by atoms with Crippen molar-refractivity contribution < 1.29 is 18.8 Å². The van der Waals surface area contributed by atoms with Crippen molar-refractivity contribution in [3.63, 3.8) is 0 Å². The number of halogens is 1. The number of morpholine rings is 1. The van der Waals surface area contributed by atoms with E-state index in [0.717, 1.165) is 49.5 Å². The van der Waals surface area contributed by atoms with E-state index in [0.29, 0.717) is 0 Å². The minimum absolute atomic E-state index is 0.0711. The Hall–Kier alpha value is -2.84. The number of rotatable bonds is 6. The van der Waals surface area contributed by atoms with Crippen molar-refractivity contribution in [2.75, 3.05) is 19.7 Å². The number of nitrogens with one attached hydrogen (secondary N) is 1. The number of hydrogen-bond acceptors (Lipinski definition) is 5. The van der Waals surface area contributed by atoms with Crippen LogP contribution in [-0.4, -0.2) is 41.5 Å². The Labute approximate surface area is 168 Å². The molecule has 154 valence electrons. The van der Waals surface area contributed by atoms with Gasteiger partial charge in [0.25, 0.3) is 11.6 Å². The van der Waals surface area contributed by atoms with Gasteiger partial charge in [-0.3, -0.25) is 19.8 Å². The zero-order valence-corrected chi connectivity index (χ0v) is 16.5. The molecule has 1 amide bonds.